The van der Waals surface area contributed by atoms with Gasteiger partial charge in [-0.2, -0.15) is 0 Å². The summed E-state index contributed by atoms with van der Waals surface area (Å²) >= 11 is 13.4. The van der Waals surface area contributed by atoms with Crippen molar-refractivity contribution in [3.05, 3.63) is 58.1 Å². The molecule has 2 N–H and O–H groups in total. The molecule has 0 spiro atoms. The van der Waals surface area contributed by atoms with Gasteiger partial charge >= 0.3 is 0 Å². The molecule has 1 aromatic heterocycles. The molecule has 0 radical (unpaired) electrons. The first-order valence-corrected chi connectivity index (χ1v) is 9.26. The topological polar surface area (TPSA) is 73.4 Å². The van der Waals surface area contributed by atoms with E-state index in [1.807, 2.05) is 30.5 Å². The van der Waals surface area contributed by atoms with Gasteiger partial charge in [-0.25, -0.2) is 15.0 Å². The van der Waals surface area contributed by atoms with Gasteiger partial charge in [-0.3, -0.25) is 0 Å². The van der Waals surface area contributed by atoms with E-state index in [2.05, 4.69) is 15.0 Å². The molecule has 1 heterocycles. The second-order valence-corrected chi connectivity index (χ2v) is 6.69. The van der Waals surface area contributed by atoms with Gasteiger partial charge in [0.25, 0.3) is 5.88 Å². The molecule has 3 aromatic rings. The van der Waals surface area contributed by atoms with Gasteiger partial charge in [0.05, 0.1) is 11.0 Å². The Hall–Kier alpha value is -1.29. The van der Waals surface area contributed by atoms with E-state index < -0.39 is 0 Å². The zero-order valence-electron chi connectivity index (χ0n) is 13.6. The lowest BCUT2D eigenvalue weighted by Crippen LogP contribution is -2.06. The SMILES string of the molecule is CSC(N)=Nc1nc2ccccc2nc1OCc1ccc(Cl)cc1Cl.I. The van der Waals surface area contributed by atoms with Crippen molar-refractivity contribution in [2.45, 2.75) is 6.61 Å². The maximum absolute atomic E-state index is 6.19. The molecule has 136 valence electrons. The van der Waals surface area contributed by atoms with E-state index in [4.69, 9.17) is 33.7 Å². The van der Waals surface area contributed by atoms with Crippen molar-refractivity contribution in [2.75, 3.05) is 6.26 Å². The summed E-state index contributed by atoms with van der Waals surface area (Å²) in [6.45, 7) is 0.213. The number of aliphatic imine (C=N–C) groups is 1. The van der Waals surface area contributed by atoms with Crippen LogP contribution in [-0.2, 0) is 6.61 Å². The molecule has 0 aliphatic rings. The van der Waals surface area contributed by atoms with E-state index >= 15 is 0 Å². The summed E-state index contributed by atoms with van der Waals surface area (Å²) in [4.78, 5) is 13.3. The van der Waals surface area contributed by atoms with Crippen LogP contribution >= 0.6 is 58.9 Å². The molecule has 0 aliphatic heterocycles. The Morgan fingerprint density at radius 2 is 1.85 bits per heavy atom. The zero-order valence-corrected chi connectivity index (χ0v) is 18.3. The van der Waals surface area contributed by atoms with Gasteiger partial charge in [0.1, 0.15) is 6.61 Å². The Labute approximate surface area is 182 Å². The molecule has 0 atom stereocenters. The average Bonchev–Trinajstić information content (AvgIpc) is 2.61. The van der Waals surface area contributed by atoms with Crippen LogP contribution in [0.1, 0.15) is 5.56 Å². The van der Waals surface area contributed by atoms with E-state index in [-0.39, 0.29) is 30.6 Å². The largest absolute Gasteiger partial charge is 0.470 e. The minimum atomic E-state index is 0. The Bertz CT molecular complexity index is 955. The third kappa shape index (κ3) is 5.12. The Balaban J connectivity index is 0.00000243. The van der Waals surface area contributed by atoms with Crippen LogP contribution in [0.2, 0.25) is 10.0 Å². The normalized spacial score (nSPS) is 11.3. The van der Waals surface area contributed by atoms with Gasteiger partial charge in [-0.1, -0.05) is 53.2 Å². The smallest absolute Gasteiger partial charge is 0.260 e. The first kappa shape index (κ1) is 21.0. The fourth-order valence-electron chi connectivity index (χ4n) is 2.08. The summed E-state index contributed by atoms with van der Waals surface area (Å²) in [6.07, 6.45) is 1.83. The van der Waals surface area contributed by atoms with Crippen LogP contribution in [0.3, 0.4) is 0 Å². The predicted octanol–water partition coefficient (Wildman–Crippen LogP) is 5.44. The van der Waals surface area contributed by atoms with Crippen LogP contribution < -0.4 is 10.5 Å². The third-order valence-electron chi connectivity index (χ3n) is 3.33. The number of fused-ring (bicyclic) bond motifs is 1. The average molecular weight is 521 g/mol. The quantitative estimate of drug-likeness (QED) is 0.281. The minimum absolute atomic E-state index is 0. The number of hydrogen-bond donors (Lipinski definition) is 1. The lowest BCUT2D eigenvalue weighted by Gasteiger charge is -2.10. The molecule has 0 unspecified atom stereocenters. The second-order valence-electron chi connectivity index (χ2n) is 5.02. The number of hydrogen-bond acceptors (Lipinski definition) is 5. The highest BCUT2D eigenvalue weighted by molar-refractivity contribution is 14.0. The number of aromatic nitrogens is 2. The van der Waals surface area contributed by atoms with Crippen LogP contribution in [-0.4, -0.2) is 21.4 Å². The second kappa shape index (κ2) is 9.59. The van der Waals surface area contributed by atoms with E-state index in [9.17, 15) is 0 Å². The maximum Gasteiger partial charge on any atom is 0.260 e. The van der Waals surface area contributed by atoms with Crippen molar-refractivity contribution in [1.29, 1.82) is 0 Å². The number of thioether (sulfide) groups is 1. The first-order chi connectivity index (χ1) is 12.1. The first-order valence-electron chi connectivity index (χ1n) is 7.28. The molecule has 9 heteroatoms. The highest BCUT2D eigenvalue weighted by Crippen LogP contribution is 2.29. The van der Waals surface area contributed by atoms with Crippen LogP contribution in [0.4, 0.5) is 5.82 Å². The standard InChI is InChI=1S/C17H14Cl2N4OS.HI/c1-25-17(20)23-15-16(22-14-5-3-2-4-13(14)21-15)24-9-10-6-7-11(18)8-12(10)19;/h2-8H,9H2,1H3,(H2,20,21,23);1H. The summed E-state index contributed by atoms with van der Waals surface area (Å²) in [7, 11) is 0. The highest BCUT2D eigenvalue weighted by atomic mass is 127. The van der Waals surface area contributed by atoms with Crippen molar-refractivity contribution < 1.29 is 4.74 Å². The van der Waals surface area contributed by atoms with Crippen LogP contribution in [0.5, 0.6) is 5.88 Å². The van der Waals surface area contributed by atoms with Crippen molar-refractivity contribution in [1.82, 2.24) is 9.97 Å². The number of amidine groups is 1. The number of benzene rings is 2. The Morgan fingerprint density at radius 1 is 1.15 bits per heavy atom. The molecule has 0 fully saturated rings. The molecular weight excluding hydrogens is 506 g/mol. The summed E-state index contributed by atoms with van der Waals surface area (Å²) in [6, 6.07) is 12.7. The lowest BCUT2D eigenvalue weighted by atomic mass is 10.2. The van der Waals surface area contributed by atoms with Crippen LogP contribution in [0, 0.1) is 0 Å². The summed E-state index contributed by atoms with van der Waals surface area (Å²) < 4.78 is 5.82. The number of halogens is 3. The van der Waals surface area contributed by atoms with Crippen LogP contribution in [0.15, 0.2) is 47.5 Å². The molecular formula is C17H15Cl2IN4OS. The molecule has 3 rings (SSSR count). The fourth-order valence-corrected chi connectivity index (χ4v) is 2.72. The number of nitrogens with zero attached hydrogens (tertiary/aromatic N) is 3. The van der Waals surface area contributed by atoms with Crippen LogP contribution in [0.25, 0.3) is 11.0 Å². The maximum atomic E-state index is 6.19. The van der Waals surface area contributed by atoms with E-state index in [1.165, 1.54) is 11.8 Å². The molecule has 5 nitrogen and oxygen atoms in total. The van der Waals surface area contributed by atoms with Gasteiger partial charge in [0.15, 0.2) is 5.17 Å². The van der Waals surface area contributed by atoms with Crippen molar-refractivity contribution in [3.8, 4) is 5.88 Å². The summed E-state index contributed by atoms with van der Waals surface area (Å²) in [5.41, 5.74) is 8.03. The van der Waals surface area contributed by atoms with Gasteiger partial charge in [-0.15, -0.1) is 24.0 Å². The summed E-state index contributed by atoms with van der Waals surface area (Å²) in [5.74, 6) is 0.623. The molecule has 0 saturated carbocycles. The predicted molar refractivity (Wildman–Crippen MR) is 121 cm³/mol. The number of ether oxygens (including phenoxy) is 1. The fraction of sp³-hybridized carbons (Fsp3) is 0.118. The minimum Gasteiger partial charge on any atom is -0.470 e. The third-order valence-corrected chi connectivity index (χ3v) is 4.42. The van der Waals surface area contributed by atoms with Gasteiger partial charge in [-0.05, 0) is 30.5 Å². The van der Waals surface area contributed by atoms with E-state index in [1.54, 1.807) is 18.2 Å². The van der Waals surface area contributed by atoms with Gasteiger partial charge < -0.3 is 10.5 Å². The zero-order chi connectivity index (χ0) is 17.8. The number of rotatable bonds is 4. The molecule has 0 amide bonds. The van der Waals surface area contributed by atoms with E-state index in [0.29, 0.717) is 37.9 Å². The van der Waals surface area contributed by atoms with Crippen molar-refractivity contribution in [2.24, 2.45) is 10.7 Å². The Kier molecular flexibility index (Phi) is 7.75. The molecule has 2 aromatic carbocycles. The Morgan fingerprint density at radius 3 is 2.50 bits per heavy atom. The van der Waals surface area contributed by atoms with Gasteiger partial charge in [0.2, 0.25) is 5.82 Å². The lowest BCUT2D eigenvalue weighted by molar-refractivity contribution is 0.295. The summed E-state index contributed by atoms with van der Waals surface area (Å²) in [5, 5.41) is 1.46. The van der Waals surface area contributed by atoms with Crippen molar-refractivity contribution >= 4 is 81.0 Å². The molecule has 0 bridgehead atoms. The van der Waals surface area contributed by atoms with Crippen molar-refractivity contribution in [3.63, 3.8) is 0 Å². The van der Waals surface area contributed by atoms with Gasteiger partial charge in [0, 0.05) is 15.6 Å². The van der Waals surface area contributed by atoms with E-state index in [0.717, 1.165) is 5.56 Å². The number of para-hydroxylation sites is 2. The monoisotopic (exact) mass is 520 g/mol. The number of nitrogens with two attached hydrogens (primary N) is 1. The molecule has 0 aliphatic carbocycles. The highest BCUT2D eigenvalue weighted by Gasteiger charge is 2.12. The molecule has 26 heavy (non-hydrogen) atoms. The molecule has 0 saturated heterocycles.